The lowest BCUT2D eigenvalue weighted by Crippen LogP contribution is -2.40. The summed E-state index contributed by atoms with van der Waals surface area (Å²) in [5, 5.41) is 5.50. The molecule has 1 aliphatic rings. The fourth-order valence-electron chi connectivity index (χ4n) is 4.18. The van der Waals surface area contributed by atoms with Crippen LogP contribution in [0.25, 0.3) is 11.0 Å². The van der Waals surface area contributed by atoms with Crippen LogP contribution in [0.3, 0.4) is 0 Å². The number of anilines is 1. The zero-order valence-electron chi connectivity index (χ0n) is 19.7. The minimum absolute atomic E-state index is 0.00767. The van der Waals surface area contributed by atoms with Gasteiger partial charge in [-0.05, 0) is 62.1 Å². The number of imidazole rings is 1. The minimum atomic E-state index is -0.289. The third-order valence-corrected chi connectivity index (χ3v) is 7.42. The number of carbonyl (C=O) groups is 2. The van der Waals surface area contributed by atoms with E-state index in [2.05, 4.69) is 20.3 Å². The fourth-order valence-corrected chi connectivity index (χ4v) is 5.15. The number of thiazole rings is 1. The van der Waals surface area contributed by atoms with Crippen molar-refractivity contribution in [2.45, 2.75) is 32.6 Å². The van der Waals surface area contributed by atoms with Crippen LogP contribution in [0.2, 0.25) is 0 Å². The molecule has 0 saturated carbocycles. The molecule has 2 amide bonds. The second kappa shape index (κ2) is 9.87. The average Bonchev–Trinajstić information content (AvgIpc) is 3.52. The van der Waals surface area contributed by atoms with Crippen LogP contribution in [-0.4, -0.2) is 51.4 Å². The van der Waals surface area contributed by atoms with Gasteiger partial charge in [-0.3, -0.25) is 14.9 Å². The molecular formula is C26H27N5O3S. The van der Waals surface area contributed by atoms with Gasteiger partial charge in [-0.25, -0.2) is 9.97 Å². The maximum atomic E-state index is 12.7. The van der Waals surface area contributed by atoms with Gasteiger partial charge in [0.05, 0.1) is 16.0 Å². The maximum absolute atomic E-state index is 12.7. The molecule has 3 heterocycles. The van der Waals surface area contributed by atoms with E-state index in [-0.39, 0.29) is 24.3 Å². The topological polar surface area (TPSA) is 100 Å². The largest absolute Gasteiger partial charge is 0.484 e. The molecule has 1 saturated heterocycles. The summed E-state index contributed by atoms with van der Waals surface area (Å²) >= 11 is 1.49. The Morgan fingerprint density at radius 1 is 1.11 bits per heavy atom. The lowest BCUT2D eigenvalue weighted by Gasteiger charge is -2.31. The first-order valence-electron chi connectivity index (χ1n) is 11.7. The highest BCUT2D eigenvalue weighted by Gasteiger charge is 2.26. The van der Waals surface area contributed by atoms with Crippen LogP contribution in [0.5, 0.6) is 5.75 Å². The zero-order chi connectivity index (χ0) is 24.4. The van der Waals surface area contributed by atoms with Gasteiger partial charge in [0.2, 0.25) is 5.95 Å². The van der Waals surface area contributed by atoms with Crippen molar-refractivity contribution < 1.29 is 14.3 Å². The number of nitrogens with zero attached hydrogens (tertiary/aromatic N) is 3. The predicted molar refractivity (Wildman–Crippen MR) is 136 cm³/mol. The van der Waals surface area contributed by atoms with Crippen LogP contribution >= 0.6 is 11.3 Å². The number of aromatic nitrogens is 3. The molecule has 0 unspecified atom stereocenters. The second-order valence-corrected chi connectivity index (χ2v) is 9.71. The Bertz CT molecular complexity index is 1340. The molecule has 4 aromatic rings. The van der Waals surface area contributed by atoms with Gasteiger partial charge in [-0.15, -0.1) is 11.3 Å². The molecule has 0 radical (unpaired) electrons. The Morgan fingerprint density at radius 3 is 2.69 bits per heavy atom. The molecule has 1 fully saturated rings. The van der Waals surface area contributed by atoms with E-state index < -0.39 is 0 Å². The first-order chi connectivity index (χ1) is 17.0. The number of hydrogen-bond donors (Lipinski definition) is 2. The number of rotatable bonds is 6. The molecule has 8 nitrogen and oxygen atoms in total. The highest BCUT2D eigenvalue weighted by atomic mass is 32.1. The maximum Gasteiger partial charge on any atom is 0.277 e. The van der Waals surface area contributed by atoms with Gasteiger partial charge in [0.25, 0.3) is 11.8 Å². The van der Waals surface area contributed by atoms with Crippen molar-refractivity contribution in [2.75, 3.05) is 25.0 Å². The van der Waals surface area contributed by atoms with Crippen LogP contribution in [-0.2, 0) is 4.79 Å². The van der Waals surface area contributed by atoms with Crippen LogP contribution < -0.4 is 10.1 Å². The lowest BCUT2D eigenvalue weighted by molar-refractivity contribution is -0.134. The molecule has 9 heteroatoms. The number of H-pyrrole nitrogens is 1. The number of benzene rings is 2. The lowest BCUT2D eigenvalue weighted by atomic mass is 9.97. The number of amides is 2. The third-order valence-electron chi connectivity index (χ3n) is 6.41. The number of likely N-dealkylation sites (tertiary alicyclic amines) is 1. The van der Waals surface area contributed by atoms with Gasteiger partial charge in [0.1, 0.15) is 11.4 Å². The SMILES string of the molecule is Cc1ccc(OCC(=O)N2CCC(c3nc(C(=O)Nc4nc5ccccc5[nH]4)cs3)CC2)cc1C. The molecule has 2 aromatic carbocycles. The number of piperidine rings is 1. The molecule has 0 aliphatic carbocycles. The fraction of sp³-hybridized carbons (Fsp3) is 0.308. The van der Waals surface area contributed by atoms with E-state index in [1.807, 2.05) is 61.2 Å². The van der Waals surface area contributed by atoms with Crippen LogP contribution in [0.1, 0.15) is 45.4 Å². The van der Waals surface area contributed by atoms with Gasteiger partial charge in [-0.1, -0.05) is 18.2 Å². The Morgan fingerprint density at radius 2 is 1.91 bits per heavy atom. The van der Waals surface area contributed by atoms with Crippen LogP contribution in [0.15, 0.2) is 47.8 Å². The van der Waals surface area contributed by atoms with Gasteiger partial charge >= 0.3 is 0 Å². The average molecular weight is 490 g/mol. The third kappa shape index (κ3) is 5.19. The van der Waals surface area contributed by atoms with Crippen LogP contribution in [0.4, 0.5) is 5.95 Å². The molecule has 0 atom stereocenters. The molecule has 1 aliphatic heterocycles. The monoisotopic (exact) mass is 489 g/mol. The van der Waals surface area contributed by atoms with Gasteiger partial charge in [0.15, 0.2) is 6.61 Å². The first kappa shape index (κ1) is 23.0. The number of carbonyl (C=O) groups excluding carboxylic acids is 2. The first-order valence-corrected chi connectivity index (χ1v) is 12.5. The summed E-state index contributed by atoms with van der Waals surface area (Å²) in [5.74, 6) is 1.06. The molecule has 2 aromatic heterocycles. The second-order valence-electron chi connectivity index (χ2n) is 8.82. The summed E-state index contributed by atoms with van der Waals surface area (Å²) in [7, 11) is 0. The Hall–Kier alpha value is -3.72. The number of para-hydroxylation sites is 2. The highest BCUT2D eigenvalue weighted by Crippen LogP contribution is 2.30. The molecule has 0 bridgehead atoms. The van der Waals surface area contributed by atoms with Crippen molar-refractivity contribution in [3.05, 3.63) is 69.7 Å². The molecule has 0 spiro atoms. The zero-order valence-corrected chi connectivity index (χ0v) is 20.5. The minimum Gasteiger partial charge on any atom is -0.484 e. The molecule has 35 heavy (non-hydrogen) atoms. The normalized spacial score (nSPS) is 14.3. The van der Waals surface area contributed by atoms with Crippen molar-refractivity contribution in [2.24, 2.45) is 0 Å². The Labute approximate surface area is 207 Å². The standard InChI is InChI=1S/C26H27N5O3S/c1-16-7-8-19(13-17(16)2)34-14-23(32)31-11-9-18(10-12-31)25-27-22(15-35-25)24(33)30-26-28-20-5-3-4-6-21(20)29-26/h3-8,13,15,18H,9-12,14H2,1-2H3,(H2,28,29,30,33). The Balaban J connectivity index is 1.12. The van der Waals surface area contributed by atoms with E-state index >= 15 is 0 Å². The number of ether oxygens (including phenoxy) is 1. The number of aromatic amines is 1. The van der Waals surface area contributed by atoms with E-state index in [4.69, 9.17) is 4.74 Å². The predicted octanol–water partition coefficient (Wildman–Crippen LogP) is 4.67. The van der Waals surface area contributed by atoms with Gasteiger partial charge < -0.3 is 14.6 Å². The molecule has 180 valence electrons. The summed E-state index contributed by atoms with van der Waals surface area (Å²) in [4.78, 5) is 39.2. The molecule has 2 N–H and O–H groups in total. The van der Waals surface area contributed by atoms with Crippen LogP contribution in [0, 0.1) is 13.8 Å². The Kier molecular flexibility index (Phi) is 6.50. The van der Waals surface area contributed by atoms with Gasteiger partial charge in [-0.2, -0.15) is 0 Å². The number of hydrogen-bond acceptors (Lipinski definition) is 6. The van der Waals surface area contributed by atoms with Crippen molar-refractivity contribution >= 4 is 40.1 Å². The van der Waals surface area contributed by atoms with Crippen molar-refractivity contribution in [3.8, 4) is 5.75 Å². The highest BCUT2D eigenvalue weighted by molar-refractivity contribution is 7.10. The van der Waals surface area contributed by atoms with Crippen molar-refractivity contribution in [1.29, 1.82) is 0 Å². The van der Waals surface area contributed by atoms with E-state index in [0.29, 0.717) is 30.5 Å². The molecule has 5 rings (SSSR count). The number of nitrogens with one attached hydrogen (secondary N) is 2. The molecular weight excluding hydrogens is 462 g/mol. The van der Waals surface area contributed by atoms with E-state index in [1.54, 1.807) is 5.38 Å². The summed E-state index contributed by atoms with van der Waals surface area (Å²) in [6.07, 6.45) is 1.63. The summed E-state index contributed by atoms with van der Waals surface area (Å²) in [6.45, 7) is 5.42. The van der Waals surface area contributed by atoms with E-state index in [0.717, 1.165) is 34.4 Å². The van der Waals surface area contributed by atoms with Gasteiger partial charge in [0, 0.05) is 24.4 Å². The summed E-state index contributed by atoms with van der Waals surface area (Å²) in [5.41, 5.74) is 4.38. The summed E-state index contributed by atoms with van der Waals surface area (Å²) in [6, 6.07) is 13.5. The van der Waals surface area contributed by atoms with E-state index in [9.17, 15) is 9.59 Å². The smallest absolute Gasteiger partial charge is 0.277 e. The van der Waals surface area contributed by atoms with E-state index in [1.165, 1.54) is 16.9 Å². The quantitative estimate of drug-likeness (QED) is 0.410. The van der Waals surface area contributed by atoms with Crippen molar-refractivity contribution in [1.82, 2.24) is 19.9 Å². The van der Waals surface area contributed by atoms with Crippen molar-refractivity contribution in [3.63, 3.8) is 0 Å². The number of fused-ring (bicyclic) bond motifs is 1. The summed E-state index contributed by atoms with van der Waals surface area (Å²) < 4.78 is 5.71. The number of aryl methyl sites for hydroxylation is 2.